The summed E-state index contributed by atoms with van der Waals surface area (Å²) < 4.78 is 0. The van der Waals surface area contributed by atoms with Crippen molar-refractivity contribution in [2.45, 2.75) is 38.3 Å². The number of rotatable bonds is 6. The lowest BCUT2D eigenvalue weighted by atomic mass is 10.1. The Balaban J connectivity index is 2.67. The van der Waals surface area contributed by atoms with Gasteiger partial charge in [0.05, 0.1) is 12.6 Å². The minimum Gasteiger partial charge on any atom is -0.368 e. The molecule has 1 aliphatic rings. The normalized spacial score (nSPS) is 20.9. The van der Waals surface area contributed by atoms with E-state index >= 15 is 0 Å². The summed E-state index contributed by atoms with van der Waals surface area (Å²) in [5.41, 5.74) is 10.6. The summed E-state index contributed by atoms with van der Waals surface area (Å²) in [6, 6.07) is -1.08. The molecule has 0 spiro atoms. The van der Waals surface area contributed by atoms with Gasteiger partial charge in [-0.2, -0.15) is 0 Å². The molecule has 102 valence electrons. The van der Waals surface area contributed by atoms with E-state index < -0.39 is 18.0 Å². The van der Waals surface area contributed by atoms with Gasteiger partial charge >= 0.3 is 0 Å². The summed E-state index contributed by atoms with van der Waals surface area (Å²) in [6.07, 6.45) is 1.86. The number of nitrogens with two attached hydrogens (primary N) is 2. The van der Waals surface area contributed by atoms with Crippen LogP contribution >= 0.6 is 0 Å². The minimum absolute atomic E-state index is 0.206. The van der Waals surface area contributed by atoms with Crippen molar-refractivity contribution in [1.82, 2.24) is 10.2 Å². The summed E-state index contributed by atoms with van der Waals surface area (Å²) in [6.45, 7) is 2.19. The van der Waals surface area contributed by atoms with E-state index in [2.05, 4.69) is 5.32 Å². The van der Waals surface area contributed by atoms with E-state index in [0.717, 1.165) is 6.42 Å². The molecule has 1 fully saturated rings. The third kappa shape index (κ3) is 3.43. The number of carbonyl (C=O) groups excluding carboxylic acids is 3. The monoisotopic (exact) mass is 256 g/mol. The van der Waals surface area contributed by atoms with Crippen LogP contribution in [0.5, 0.6) is 0 Å². The molecule has 1 heterocycles. The van der Waals surface area contributed by atoms with E-state index in [4.69, 9.17) is 11.5 Å². The third-order valence-corrected chi connectivity index (χ3v) is 2.96. The van der Waals surface area contributed by atoms with Gasteiger partial charge in [-0.05, 0) is 12.8 Å². The second-order valence-electron chi connectivity index (χ2n) is 4.42. The summed E-state index contributed by atoms with van der Waals surface area (Å²) in [5.74, 6) is -1.16. The summed E-state index contributed by atoms with van der Waals surface area (Å²) in [7, 11) is 0. The highest BCUT2D eigenvalue weighted by atomic mass is 16.2. The maximum atomic E-state index is 11.9. The highest BCUT2D eigenvalue weighted by molar-refractivity contribution is 5.92. The van der Waals surface area contributed by atoms with Crippen molar-refractivity contribution in [2.75, 3.05) is 13.1 Å². The van der Waals surface area contributed by atoms with Crippen LogP contribution in [0.25, 0.3) is 0 Å². The topological polar surface area (TPSA) is 119 Å². The smallest absolute Gasteiger partial charge is 0.243 e. The molecule has 3 amide bonds. The maximum Gasteiger partial charge on any atom is 0.243 e. The third-order valence-electron chi connectivity index (χ3n) is 2.96. The number of likely N-dealkylation sites (tertiary alicyclic amines) is 1. The minimum atomic E-state index is -0.608. The lowest BCUT2D eigenvalue weighted by molar-refractivity contribution is -0.138. The first-order valence-corrected chi connectivity index (χ1v) is 6.09. The first-order chi connectivity index (χ1) is 8.47. The number of carbonyl (C=O) groups is 3. The Morgan fingerprint density at radius 3 is 2.67 bits per heavy atom. The molecule has 18 heavy (non-hydrogen) atoms. The Bertz CT molecular complexity index is 345. The van der Waals surface area contributed by atoms with Crippen LogP contribution in [-0.4, -0.2) is 47.8 Å². The molecule has 0 aromatic rings. The van der Waals surface area contributed by atoms with Crippen molar-refractivity contribution in [3.63, 3.8) is 0 Å². The predicted molar refractivity (Wildman–Crippen MR) is 65.2 cm³/mol. The molecule has 1 saturated heterocycles. The highest BCUT2D eigenvalue weighted by Crippen LogP contribution is 2.16. The van der Waals surface area contributed by atoms with Gasteiger partial charge in [-0.1, -0.05) is 13.3 Å². The Morgan fingerprint density at radius 2 is 2.22 bits per heavy atom. The number of nitrogens with zero attached hydrogens (tertiary/aromatic N) is 1. The molecule has 1 aliphatic heterocycles. The lowest BCUT2D eigenvalue weighted by Crippen LogP contribution is -2.50. The van der Waals surface area contributed by atoms with Crippen LogP contribution in [0, 0.1) is 0 Å². The molecule has 0 aromatic heterocycles. The first kappa shape index (κ1) is 14.4. The molecule has 2 atom stereocenters. The van der Waals surface area contributed by atoms with Crippen LogP contribution in [0.2, 0.25) is 0 Å². The van der Waals surface area contributed by atoms with Crippen molar-refractivity contribution >= 4 is 17.7 Å². The van der Waals surface area contributed by atoms with Crippen molar-refractivity contribution in [3.05, 3.63) is 0 Å². The number of nitrogens with one attached hydrogen (secondary N) is 1. The fourth-order valence-corrected chi connectivity index (χ4v) is 2.03. The lowest BCUT2D eigenvalue weighted by Gasteiger charge is -2.26. The van der Waals surface area contributed by atoms with E-state index in [-0.39, 0.29) is 18.4 Å². The largest absolute Gasteiger partial charge is 0.368 e. The summed E-state index contributed by atoms with van der Waals surface area (Å²) in [5, 5.41) is 2.43. The Hall–Kier alpha value is -1.63. The van der Waals surface area contributed by atoms with Gasteiger partial charge in [0.15, 0.2) is 0 Å². The van der Waals surface area contributed by atoms with Gasteiger partial charge in [0, 0.05) is 6.54 Å². The van der Waals surface area contributed by atoms with Crippen LogP contribution in [0.15, 0.2) is 0 Å². The number of hydrogen-bond acceptors (Lipinski definition) is 4. The Kier molecular flexibility index (Phi) is 5.08. The maximum absolute atomic E-state index is 11.9. The average Bonchev–Trinajstić information content (AvgIpc) is 2.64. The standard InChI is InChI=1S/C11H20N4O3/c1-2-3-8(10(17)14-6-9(13)16)15-5-4-7(12)11(15)18/h7-8H,2-6,12H2,1H3,(H2,13,16)(H,14,17)/t7-,8+/m1/s1. The van der Waals surface area contributed by atoms with Crippen LogP contribution in [0.1, 0.15) is 26.2 Å². The molecule has 7 nitrogen and oxygen atoms in total. The van der Waals surface area contributed by atoms with Gasteiger partial charge in [0.1, 0.15) is 6.04 Å². The van der Waals surface area contributed by atoms with Crippen LogP contribution < -0.4 is 16.8 Å². The second-order valence-corrected chi connectivity index (χ2v) is 4.42. The fourth-order valence-electron chi connectivity index (χ4n) is 2.03. The molecule has 0 aliphatic carbocycles. The van der Waals surface area contributed by atoms with Gasteiger partial charge < -0.3 is 21.7 Å². The van der Waals surface area contributed by atoms with Gasteiger partial charge in [-0.3, -0.25) is 14.4 Å². The zero-order chi connectivity index (χ0) is 13.7. The van der Waals surface area contributed by atoms with E-state index in [1.54, 1.807) is 0 Å². The molecule has 0 saturated carbocycles. The van der Waals surface area contributed by atoms with Crippen LogP contribution in [0.3, 0.4) is 0 Å². The van der Waals surface area contributed by atoms with Crippen molar-refractivity contribution in [2.24, 2.45) is 11.5 Å². The molecule has 0 aromatic carbocycles. The van der Waals surface area contributed by atoms with Crippen molar-refractivity contribution < 1.29 is 14.4 Å². The Morgan fingerprint density at radius 1 is 1.56 bits per heavy atom. The summed E-state index contributed by atoms with van der Waals surface area (Å²) in [4.78, 5) is 35.8. The van der Waals surface area contributed by atoms with Gasteiger partial charge in [-0.25, -0.2) is 0 Å². The summed E-state index contributed by atoms with van der Waals surface area (Å²) >= 11 is 0. The number of amides is 3. The van der Waals surface area contributed by atoms with Crippen molar-refractivity contribution in [1.29, 1.82) is 0 Å². The van der Waals surface area contributed by atoms with E-state index in [1.165, 1.54) is 4.90 Å². The molecular formula is C11H20N4O3. The molecule has 0 radical (unpaired) electrons. The zero-order valence-electron chi connectivity index (χ0n) is 10.5. The molecule has 5 N–H and O–H groups in total. The van der Waals surface area contributed by atoms with Crippen molar-refractivity contribution in [3.8, 4) is 0 Å². The van der Waals surface area contributed by atoms with E-state index in [0.29, 0.717) is 19.4 Å². The van der Waals surface area contributed by atoms with Crippen LogP contribution in [0.4, 0.5) is 0 Å². The molecule has 0 bridgehead atoms. The molecule has 1 rings (SSSR count). The molecule has 0 unspecified atom stereocenters. The second kappa shape index (κ2) is 6.34. The fraction of sp³-hybridized carbons (Fsp3) is 0.727. The predicted octanol–water partition coefficient (Wildman–Crippen LogP) is -1.68. The van der Waals surface area contributed by atoms with Gasteiger partial charge in [0.2, 0.25) is 17.7 Å². The number of hydrogen-bond donors (Lipinski definition) is 3. The molecular weight excluding hydrogens is 236 g/mol. The quantitative estimate of drug-likeness (QED) is 0.525. The first-order valence-electron chi connectivity index (χ1n) is 6.09. The number of primary amides is 1. The highest BCUT2D eigenvalue weighted by Gasteiger charge is 2.36. The van der Waals surface area contributed by atoms with E-state index in [9.17, 15) is 14.4 Å². The zero-order valence-corrected chi connectivity index (χ0v) is 10.5. The average molecular weight is 256 g/mol. The molecule has 7 heteroatoms. The van der Waals surface area contributed by atoms with Gasteiger partial charge in [-0.15, -0.1) is 0 Å². The van der Waals surface area contributed by atoms with E-state index in [1.807, 2.05) is 6.92 Å². The SMILES string of the molecule is CCC[C@@H](C(=O)NCC(N)=O)N1CC[C@@H](N)C1=O. The van der Waals surface area contributed by atoms with Crippen LogP contribution in [-0.2, 0) is 14.4 Å². The van der Waals surface area contributed by atoms with Gasteiger partial charge in [0.25, 0.3) is 0 Å². The Labute approximate surface area is 106 Å².